The summed E-state index contributed by atoms with van der Waals surface area (Å²) in [6.07, 6.45) is 4.01. The Kier molecular flexibility index (Phi) is 5.80. The highest BCUT2D eigenvalue weighted by atomic mass is 16.3. The first-order valence-electron chi connectivity index (χ1n) is 10.2. The van der Waals surface area contributed by atoms with E-state index in [1.165, 1.54) is 10.9 Å². The molecule has 0 saturated heterocycles. The molecule has 1 aromatic heterocycles. The predicted molar refractivity (Wildman–Crippen MR) is 124 cm³/mol. The zero-order valence-corrected chi connectivity index (χ0v) is 17.6. The molecule has 0 radical (unpaired) electrons. The van der Waals surface area contributed by atoms with Gasteiger partial charge in [-0.05, 0) is 61.4 Å². The van der Waals surface area contributed by atoms with Gasteiger partial charge in [0.2, 0.25) is 0 Å². The quantitative estimate of drug-likeness (QED) is 0.353. The van der Waals surface area contributed by atoms with Crippen molar-refractivity contribution < 1.29 is 9.90 Å². The van der Waals surface area contributed by atoms with Crippen molar-refractivity contribution in [3.8, 4) is 11.4 Å². The number of hydrogen-bond acceptors (Lipinski definition) is 5. The molecule has 0 atom stereocenters. The van der Waals surface area contributed by atoms with Crippen LogP contribution in [0.25, 0.3) is 22.8 Å². The molecule has 0 aliphatic carbocycles. The molecular weight excluding hydrogens is 388 g/mol. The van der Waals surface area contributed by atoms with E-state index in [2.05, 4.69) is 22.0 Å². The fraction of sp³-hybridized carbons (Fsp3) is 0.160. The van der Waals surface area contributed by atoms with Gasteiger partial charge >= 0.3 is 0 Å². The molecule has 0 fully saturated rings. The van der Waals surface area contributed by atoms with Gasteiger partial charge in [0.25, 0.3) is 0 Å². The van der Waals surface area contributed by atoms with Crippen LogP contribution < -0.4 is 4.90 Å². The van der Waals surface area contributed by atoms with Crippen molar-refractivity contribution in [3.05, 3.63) is 83.4 Å². The van der Waals surface area contributed by atoms with E-state index in [-0.39, 0.29) is 5.75 Å². The number of rotatable bonds is 7. The lowest BCUT2D eigenvalue weighted by atomic mass is 10.1. The highest BCUT2D eigenvalue weighted by Crippen LogP contribution is 2.30. The molecule has 156 valence electrons. The summed E-state index contributed by atoms with van der Waals surface area (Å²) >= 11 is 0. The van der Waals surface area contributed by atoms with Crippen molar-refractivity contribution in [1.29, 1.82) is 0 Å². The van der Waals surface area contributed by atoms with Crippen molar-refractivity contribution in [3.63, 3.8) is 0 Å². The third-order valence-corrected chi connectivity index (χ3v) is 5.18. The highest BCUT2D eigenvalue weighted by Gasteiger charge is 2.16. The molecule has 31 heavy (non-hydrogen) atoms. The van der Waals surface area contributed by atoms with E-state index in [0.717, 1.165) is 46.2 Å². The molecule has 6 nitrogen and oxygen atoms in total. The largest absolute Gasteiger partial charge is 0.505 e. The number of phenols is 1. The number of aromatic nitrogens is 3. The van der Waals surface area contributed by atoms with Crippen LogP contribution in [0.3, 0.4) is 0 Å². The van der Waals surface area contributed by atoms with E-state index in [4.69, 9.17) is 0 Å². The van der Waals surface area contributed by atoms with E-state index in [0.29, 0.717) is 12.2 Å². The van der Waals surface area contributed by atoms with Crippen LogP contribution in [0.2, 0.25) is 0 Å². The van der Waals surface area contributed by atoms with Gasteiger partial charge in [0.05, 0.1) is 0 Å². The normalized spacial score (nSPS) is 11.3. The third-order valence-electron chi connectivity index (χ3n) is 5.18. The molecule has 0 unspecified atom stereocenters. The predicted octanol–water partition coefficient (Wildman–Crippen LogP) is 4.67. The van der Waals surface area contributed by atoms with E-state index >= 15 is 0 Å². The number of anilines is 1. The monoisotopic (exact) mass is 412 g/mol. The van der Waals surface area contributed by atoms with Crippen molar-refractivity contribution in [2.45, 2.75) is 20.4 Å². The second-order valence-electron chi connectivity index (χ2n) is 7.37. The fourth-order valence-corrected chi connectivity index (χ4v) is 3.61. The molecule has 1 N–H and O–H groups in total. The topological polar surface area (TPSA) is 71.2 Å². The van der Waals surface area contributed by atoms with Crippen LogP contribution in [0.4, 0.5) is 5.69 Å². The molecule has 0 saturated carbocycles. The van der Waals surface area contributed by atoms with Crippen LogP contribution in [-0.2, 0) is 11.3 Å². The fourth-order valence-electron chi connectivity index (χ4n) is 3.61. The first-order chi connectivity index (χ1) is 15.1. The van der Waals surface area contributed by atoms with Gasteiger partial charge in [-0.1, -0.05) is 36.4 Å². The van der Waals surface area contributed by atoms with Crippen molar-refractivity contribution >= 4 is 29.1 Å². The standard InChI is InChI=1S/C25H24N4O2/c1-3-28(21-12-10-19(11-13-21)7-6-14-30)17-20-15-18(2)16-24(25(20)31)29-26-22-8-4-5-9-23(22)27-29/h4-16,31H,3,17H2,1-2H3. The lowest BCUT2D eigenvalue weighted by molar-refractivity contribution is -0.104. The minimum atomic E-state index is 0.176. The number of nitrogens with zero attached hydrogens (tertiary/aromatic N) is 4. The van der Waals surface area contributed by atoms with Gasteiger partial charge in [0.1, 0.15) is 28.8 Å². The molecule has 6 heteroatoms. The second-order valence-corrected chi connectivity index (χ2v) is 7.37. The van der Waals surface area contributed by atoms with Crippen LogP contribution in [0.5, 0.6) is 5.75 Å². The molecule has 0 amide bonds. The average Bonchev–Trinajstić information content (AvgIpc) is 3.22. The third kappa shape index (κ3) is 4.33. The van der Waals surface area contributed by atoms with Crippen molar-refractivity contribution in [2.75, 3.05) is 11.4 Å². The zero-order valence-electron chi connectivity index (χ0n) is 17.6. The van der Waals surface area contributed by atoms with Crippen molar-refractivity contribution in [1.82, 2.24) is 15.0 Å². The lowest BCUT2D eigenvalue weighted by Crippen LogP contribution is -2.22. The number of hydrogen-bond donors (Lipinski definition) is 1. The summed E-state index contributed by atoms with van der Waals surface area (Å²) in [5.41, 5.74) is 5.96. The lowest BCUT2D eigenvalue weighted by Gasteiger charge is -2.24. The second kappa shape index (κ2) is 8.83. The number of aromatic hydroxyl groups is 1. The zero-order chi connectivity index (χ0) is 21.8. The van der Waals surface area contributed by atoms with E-state index in [1.807, 2.05) is 67.6 Å². The molecule has 1 heterocycles. The smallest absolute Gasteiger partial charge is 0.148 e. The van der Waals surface area contributed by atoms with Crippen LogP contribution in [0.1, 0.15) is 23.6 Å². The maximum Gasteiger partial charge on any atom is 0.148 e. The van der Waals surface area contributed by atoms with Crippen molar-refractivity contribution in [2.24, 2.45) is 0 Å². The minimum absolute atomic E-state index is 0.176. The minimum Gasteiger partial charge on any atom is -0.505 e. The Morgan fingerprint density at radius 2 is 1.71 bits per heavy atom. The molecule has 3 aromatic carbocycles. The summed E-state index contributed by atoms with van der Waals surface area (Å²) in [6, 6.07) is 19.5. The Morgan fingerprint density at radius 3 is 2.32 bits per heavy atom. The Bertz CT molecular complexity index is 1210. The first-order valence-corrected chi connectivity index (χ1v) is 10.2. The van der Waals surface area contributed by atoms with Gasteiger partial charge in [-0.2, -0.15) is 0 Å². The molecule has 4 rings (SSSR count). The number of phenolic OH excluding ortho intramolecular Hbond substituents is 1. The highest BCUT2D eigenvalue weighted by molar-refractivity contribution is 5.74. The number of carbonyl (C=O) groups excluding carboxylic acids is 1. The van der Waals surface area contributed by atoms with Gasteiger partial charge in [0.15, 0.2) is 0 Å². The van der Waals surface area contributed by atoms with E-state index in [1.54, 1.807) is 6.08 Å². The SMILES string of the molecule is CCN(Cc1cc(C)cc(-n2nc3ccccc3n2)c1O)c1ccc(C=CC=O)cc1. The van der Waals surface area contributed by atoms with Gasteiger partial charge in [-0.3, -0.25) is 4.79 Å². The molecule has 4 aromatic rings. The molecular formula is C25H24N4O2. The summed E-state index contributed by atoms with van der Waals surface area (Å²) in [7, 11) is 0. The summed E-state index contributed by atoms with van der Waals surface area (Å²) < 4.78 is 0. The Hall–Kier alpha value is -3.93. The number of fused-ring (bicyclic) bond motifs is 1. The van der Waals surface area contributed by atoms with Gasteiger partial charge in [-0.25, -0.2) is 0 Å². The number of aldehydes is 1. The molecule has 0 aliphatic heterocycles. The molecule has 0 bridgehead atoms. The van der Waals surface area contributed by atoms with Crippen LogP contribution in [0.15, 0.2) is 66.7 Å². The number of carbonyl (C=O) groups is 1. The van der Waals surface area contributed by atoms with Gasteiger partial charge in [0, 0.05) is 24.3 Å². The Morgan fingerprint density at radius 1 is 1.03 bits per heavy atom. The molecule has 0 aliphatic rings. The number of allylic oxidation sites excluding steroid dienone is 1. The van der Waals surface area contributed by atoms with E-state index in [9.17, 15) is 9.90 Å². The average molecular weight is 412 g/mol. The first kappa shape index (κ1) is 20.3. The summed E-state index contributed by atoms with van der Waals surface area (Å²) in [6.45, 7) is 5.40. The Labute approximate surface area is 181 Å². The molecule has 0 spiro atoms. The van der Waals surface area contributed by atoms with Gasteiger partial charge < -0.3 is 10.0 Å². The number of aryl methyl sites for hydroxylation is 1. The summed E-state index contributed by atoms with van der Waals surface area (Å²) in [4.78, 5) is 14.2. The maximum atomic E-state index is 11.1. The van der Waals surface area contributed by atoms with Crippen LogP contribution in [-0.4, -0.2) is 32.9 Å². The van der Waals surface area contributed by atoms with Crippen LogP contribution >= 0.6 is 0 Å². The summed E-state index contributed by atoms with van der Waals surface area (Å²) in [5.74, 6) is 0.176. The summed E-state index contributed by atoms with van der Waals surface area (Å²) in [5, 5.41) is 20.1. The van der Waals surface area contributed by atoms with Crippen LogP contribution in [0, 0.1) is 6.92 Å². The van der Waals surface area contributed by atoms with Gasteiger partial charge in [-0.15, -0.1) is 15.0 Å². The number of benzene rings is 3. The van der Waals surface area contributed by atoms with E-state index < -0.39 is 0 Å². The Balaban J connectivity index is 1.66. The maximum absolute atomic E-state index is 11.1.